The number of anilines is 1. The predicted molar refractivity (Wildman–Crippen MR) is 104 cm³/mol. The summed E-state index contributed by atoms with van der Waals surface area (Å²) < 4.78 is 5.06. The average Bonchev–Trinajstić information content (AvgIpc) is 2.99. The van der Waals surface area contributed by atoms with E-state index in [1.807, 2.05) is 30.3 Å². The number of thioether (sulfide) groups is 1. The molecular weight excluding hydrogens is 384 g/mol. The Labute approximate surface area is 166 Å². The highest BCUT2D eigenvalue weighted by Gasteiger charge is 2.28. The Balaban J connectivity index is 1.65. The SMILES string of the molecule is CN1/C(=C(\C#N)C(=O)COC(=O)Cc2ccc(Cl)cc2)Sc2ccccc21. The van der Waals surface area contributed by atoms with E-state index in [4.69, 9.17) is 16.3 Å². The number of carbonyl (C=O) groups is 2. The third-order valence-electron chi connectivity index (χ3n) is 3.97. The number of hydrogen-bond donors (Lipinski definition) is 0. The molecule has 0 aliphatic carbocycles. The predicted octanol–water partition coefficient (Wildman–Crippen LogP) is 3.97. The second kappa shape index (κ2) is 8.30. The number of halogens is 1. The van der Waals surface area contributed by atoms with Gasteiger partial charge in [-0.25, -0.2) is 0 Å². The van der Waals surface area contributed by atoms with Crippen molar-refractivity contribution in [3.8, 4) is 6.07 Å². The van der Waals surface area contributed by atoms with Crippen LogP contribution in [0.15, 0.2) is 64.0 Å². The summed E-state index contributed by atoms with van der Waals surface area (Å²) in [6.45, 7) is -0.469. The molecule has 5 nitrogen and oxygen atoms in total. The first kappa shape index (κ1) is 19.0. The minimum absolute atomic E-state index is 0.0157. The van der Waals surface area contributed by atoms with E-state index >= 15 is 0 Å². The highest BCUT2D eigenvalue weighted by molar-refractivity contribution is 8.03. The van der Waals surface area contributed by atoms with Crippen LogP contribution in [0.25, 0.3) is 0 Å². The first-order valence-electron chi connectivity index (χ1n) is 8.08. The summed E-state index contributed by atoms with van der Waals surface area (Å²) in [5, 5.41) is 10.6. The van der Waals surface area contributed by atoms with E-state index in [-0.39, 0.29) is 12.0 Å². The Morgan fingerprint density at radius 3 is 2.56 bits per heavy atom. The molecule has 0 amide bonds. The van der Waals surface area contributed by atoms with Crippen molar-refractivity contribution in [2.75, 3.05) is 18.6 Å². The summed E-state index contributed by atoms with van der Waals surface area (Å²) in [7, 11) is 1.80. The van der Waals surface area contributed by atoms with E-state index in [0.717, 1.165) is 16.1 Å². The topological polar surface area (TPSA) is 70.4 Å². The Morgan fingerprint density at radius 1 is 1.19 bits per heavy atom. The average molecular weight is 399 g/mol. The van der Waals surface area contributed by atoms with Crippen molar-refractivity contribution >= 4 is 40.8 Å². The Bertz CT molecular complexity index is 964. The number of ketones is 1. The number of nitrogens with zero attached hydrogens (tertiary/aromatic N) is 2. The molecule has 0 fully saturated rings. The molecule has 0 N–H and O–H groups in total. The molecular formula is C20H15ClN2O3S. The van der Waals surface area contributed by atoms with Crippen LogP contribution in [0.3, 0.4) is 0 Å². The van der Waals surface area contributed by atoms with Gasteiger partial charge in [-0.15, -0.1) is 0 Å². The summed E-state index contributed by atoms with van der Waals surface area (Å²) in [5.74, 6) is -1.06. The summed E-state index contributed by atoms with van der Waals surface area (Å²) in [5.41, 5.74) is 1.65. The fourth-order valence-corrected chi connectivity index (χ4v) is 3.88. The van der Waals surface area contributed by atoms with Crippen LogP contribution >= 0.6 is 23.4 Å². The van der Waals surface area contributed by atoms with Crippen LogP contribution in [0.2, 0.25) is 5.02 Å². The summed E-state index contributed by atoms with van der Waals surface area (Å²) in [4.78, 5) is 27.2. The number of esters is 1. The Morgan fingerprint density at radius 2 is 1.89 bits per heavy atom. The number of benzene rings is 2. The second-order valence-corrected chi connectivity index (χ2v) is 7.27. The molecule has 1 aliphatic rings. The fourth-order valence-electron chi connectivity index (χ4n) is 2.59. The third-order valence-corrected chi connectivity index (χ3v) is 5.46. The third kappa shape index (κ3) is 4.33. The maximum atomic E-state index is 12.4. The van der Waals surface area contributed by atoms with Gasteiger partial charge in [0.05, 0.1) is 12.1 Å². The molecule has 0 unspecified atom stereocenters. The number of para-hydroxylation sites is 1. The Hall–Kier alpha value is -2.75. The standard InChI is InChI=1S/C20H15ClN2O3S/c1-23-16-4-2-3-5-18(16)27-20(23)15(11-22)17(24)12-26-19(25)10-13-6-8-14(21)9-7-13/h2-9H,10,12H2,1H3/b20-15-. The maximum Gasteiger partial charge on any atom is 0.310 e. The van der Waals surface area contributed by atoms with E-state index in [1.54, 1.807) is 36.2 Å². The van der Waals surface area contributed by atoms with Crippen molar-refractivity contribution in [2.45, 2.75) is 11.3 Å². The van der Waals surface area contributed by atoms with E-state index in [2.05, 4.69) is 0 Å². The van der Waals surface area contributed by atoms with E-state index in [1.165, 1.54) is 11.8 Å². The molecule has 0 aromatic heterocycles. The molecule has 0 saturated carbocycles. The van der Waals surface area contributed by atoms with Crippen LogP contribution in [0.4, 0.5) is 5.69 Å². The van der Waals surface area contributed by atoms with Crippen LogP contribution in [0.1, 0.15) is 5.56 Å². The lowest BCUT2D eigenvalue weighted by Crippen LogP contribution is -2.20. The molecule has 27 heavy (non-hydrogen) atoms. The van der Waals surface area contributed by atoms with Crippen LogP contribution < -0.4 is 4.90 Å². The zero-order chi connectivity index (χ0) is 19.4. The number of nitriles is 1. The fraction of sp³-hybridized carbons (Fsp3) is 0.150. The highest BCUT2D eigenvalue weighted by Crippen LogP contribution is 2.46. The van der Waals surface area contributed by atoms with Gasteiger partial charge in [0.1, 0.15) is 16.7 Å². The summed E-state index contributed by atoms with van der Waals surface area (Å²) in [6.07, 6.45) is 0.0308. The van der Waals surface area contributed by atoms with Gasteiger partial charge in [0.25, 0.3) is 0 Å². The number of rotatable bonds is 5. The van der Waals surface area contributed by atoms with Crippen molar-refractivity contribution in [3.63, 3.8) is 0 Å². The Kier molecular flexibility index (Phi) is 5.84. The zero-order valence-corrected chi connectivity index (χ0v) is 16.0. The number of Topliss-reactive ketones (excluding diaryl/α,β-unsaturated/α-hetero) is 1. The minimum atomic E-state index is -0.538. The number of fused-ring (bicyclic) bond motifs is 1. The number of carbonyl (C=O) groups excluding carboxylic acids is 2. The van der Waals surface area contributed by atoms with Crippen LogP contribution in [0, 0.1) is 11.3 Å². The van der Waals surface area contributed by atoms with E-state index in [0.29, 0.717) is 10.1 Å². The van der Waals surface area contributed by atoms with E-state index in [9.17, 15) is 14.9 Å². The van der Waals surface area contributed by atoms with Crippen molar-refractivity contribution in [1.82, 2.24) is 0 Å². The van der Waals surface area contributed by atoms with Gasteiger partial charge in [0.15, 0.2) is 6.61 Å². The molecule has 1 heterocycles. The first-order valence-corrected chi connectivity index (χ1v) is 9.27. The lowest BCUT2D eigenvalue weighted by atomic mass is 10.1. The molecule has 0 radical (unpaired) electrons. The molecule has 136 valence electrons. The highest BCUT2D eigenvalue weighted by atomic mass is 35.5. The maximum absolute atomic E-state index is 12.4. The van der Waals surface area contributed by atoms with Crippen molar-refractivity contribution in [1.29, 1.82) is 5.26 Å². The minimum Gasteiger partial charge on any atom is -0.457 e. The van der Waals surface area contributed by atoms with Gasteiger partial charge in [-0.3, -0.25) is 9.59 Å². The molecule has 7 heteroatoms. The van der Waals surface area contributed by atoms with Crippen molar-refractivity contribution in [2.24, 2.45) is 0 Å². The first-order chi connectivity index (χ1) is 13.0. The van der Waals surface area contributed by atoms with Gasteiger partial charge in [-0.1, -0.05) is 47.6 Å². The lowest BCUT2D eigenvalue weighted by molar-refractivity contribution is -0.146. The molecule has 2 aromatic carbocycles. The smallest absolute Gasteiger partial charge is 0.310 e. The quantitative estimate of drug-likeness (QED) is 0.431. The summed E-state index contributed by atoms with van der Waals surface area (Å²) >= 11 is 7.16. The normalized spacial score (nSPS) is 14.3. The molecule has 0 bridgehead atoms. The van der Waals surface area contributed by atoms with Gasteiger partial charge in [-0.05, 0) is 29.8 Å². The van der Waals surface area contributed by atoms with Gasteiger partial charge >= 0.3 is 5.97 Å². The zero-order valence-electron chi connectivity index (χ0n) is 14.4. The van der Waals surface area contributed by atoms with Gasteiger partial charge in [-0.2, -0.15) is 5.26 Å². The molecule has 0 saturated heterocycles. The second-order valence-electron chi connectivity index (χ2n) is 5.81. The number of hydrogen-bond acceptors (Lipinski definition) is 6. The van der Waals surface area contributed by atoms with E-state index < -0.39 is 18.4 Å². The molecule has 0 atom stereocenters. The van der Waals surface area contributed by atoms with Crippen molar-refractivity contribution in [3.05, 3.63) is 69.7 Å². The monoisotopic (exact) mass is 398 g/mol. The molecule has 0 spiro atoms. The van der Waals surface area contributed by atoms with Gasteiger partial charge in [0.2, 0.25) is 5.78 Å². The molecule has 3 rings (SSSR count). The molecule has 1 aliphatic heterocycles. The van der Waals surface area contributed by atoms with Crippen LogP contribution in [-0.2, 0) is 20.7 Å². The summed E-state index contributed by atoms with van der Waals surface area (Å²) in [6, 6.07) is 16.4. The van der Waals surface area contributed by atoms with Crippen molar-refractivity contribution < 1.29 is 14.3 Å². The van der Waals surface area contributed by atoms with Gasteiger partial charge < -0.3 is 9.64 Å². The lowest BCUT2D eigenvalue weighted by Gasteiger charge is -2.14. The van der Waals surface area contributed by atoms with Gasteiger partial charge in [0, 0.05) is 17.0 Å². The number of ether oxygens (including phenoxy) is 1. The van der Waals surface area contributed by atoms with Crippen LogP contribution in [-0.4, -0.2) is 25.4 Å². The molecule has 2 aromatic rings. The largest absolute Gasteiger partial charge is 0.457 e. The van der Waals surface area contributed by atoms with Crippen LogP contribution in [0.5, 0.6) is 0 Å².